The van der Waals surface area contributed by atoms with E-state index in [4.69, 9.17) is 16.3 Å². The van der Waals surface area contributed by atoms with Crippen LogP contribution in [0, 0.1) is 11.3 Å². The Morgan fingerprint density at radius 3 is 2.50 bits per heavy atom. The van der Waals surface area contributed by atoms with Gasteiger partial charge < -0.3 is 4.74 Å². The first kappa shape index (κ1) is 17.9. The van der Waals surface area contributed by atoms with Crippen molar-refractivity contribution in [3.63, 3.8) is 0 Å². The van der Waals surface area contributed by atoms with Gasteiger partial charge in [-0.2, -0.15) is 5.26 Å². The number of benzene rings is 2. The molecule has 3 rings (SSSR count). The molecule has 4 nitrogen and oxygen atoms in total. The van der Waals surface area contributed by atoms with Crippen molar-refractivity contribution < 1.29 is 9.53 Å². The number of methoxy groups -OCH3 is 1. The van der Waals surface area contributed by atoms with E-state index >= 15 is 0 Å². The summed E-state index contributed by atoms with van der Waals surface area (Å²) < 4.78 is 5.08. The van der Waals surface area contributed by atoms with Crippen molar-refractivity contribution in [2.45, 2.75) is 0 Å². The summed E-state index contributed by atoms with van der Waals surface area (Å²) in [5, 5.41) is 12.6. The topological polar surface area (TPSA) is 63.0 Å². The smallest absolute Gasteiger partial charge is 0.203 e. The number of nitriles is 1. The number of thiazole rings is 1. The molecule has 0 atom stereocenters. The minimum absolute atomic E-state index is 0.0307. The van der Waals surface area contributed by atoms with Gasteiger partial charge in [-0.3, -0.25) is 4.79 Å². The summed E-state index contributed by atoms with van der Waals surface area (Å²) in [6, 6.07) is 15.9. The zero-order valence-corrected chi connectivity index (χ0v) is 15.3. The summed E-state index contributed by atoms with van der Waals surface area (Å²) in [7, 11) is 1.55. The Balaban J connectivity index is 1.86. The van der Waals surface area contributed by atoms with Crippen molar-refractivity contribution in [3.8, 4) is 22.4 Å². The lowest BCUT2D eigenvalue weighted by molar-refractivity contribution is 0.104. The van der Waals surface area contributed by atoms with Gasteiger partial charge in [-0.05, 0) is 42.5 Å². The summed E-state index contributed by atoms with van der Waals surface area (Å²) in [5.41, 5.74) is 1.95. The van der Waals surface area contributed by atoms with Crippen LogP contribution in [-0.2, 0) is 0 Å². The van der Waals surface area contributed by atoms with E-state index in [1.54, 1.807) is 43.5 Å². The van der Waals surface area contributed by atoms with E-state index in [1.165, 1.54) is 17.4 Å². The van der Waals surface area contributed by atoms with Crippen molar-refractivity contribution in [3.05, 3.63) is 75.8 Å². The fourth-order valence-electron chi connectivity index (χ4n) is 2.27. The van der Waals surface area contributed by atoms with E-state index in [9.17, 15) is 10.1 Å². The summed E-state index contributed by atoms with van der Waals surface area (Å²) in [6.07, 6.45) is 1.50. The molecule has 0 spiro atoms. The highest BCUT2D eigenvalue weighted by Gasteiger charge is 2.13. The molecule has 1 aromatic heterocycles. The zero-order valence-electron chi connectivity index (χ0n) is 13.8. The maximum atomic E-state index is 12.5. The highest BCUT2D eigenvalue weighted by molar-refractivity contribution is 7.13. The third-order valence-electron chi connectivity index (χ3n) is 3.62. The van der Waals surface area contributed by atoms with Gasteiger partial charge in [0.15, 0.2) is 0 Å². The largest absolute Gasteiger partial charge is 0.497 e. The lowest BCUT2D eigenvalue weighted by Gasteiger charge is -2.02. The molecule has 0 aliphatic heterocycles. The monoisotopic (exact) mass is 380 g/mol. The third-order valence-corrected chi connectivity index (χ3v) is 4.78. The van der Waals surface area contributed by atoms with Crippen LogP contribution in [0.25, 0.3) is 16.6 Å². The molecule has 0 aliphatic rings. The van der Waals surface area contributed by atoms with Crippen LogP contribution in [-0.4, -0.2) is 17.9 Å². The Morgan fingerprint density at radius 1 is 1.19 bits per heavy atom. The van der Waals surface area contributed by atoms with Crippen LogP contribution in [0.2, 0.25) is 5.02 Å². The zero-order chi connectivity index (χ0) is 18.5. The predicted molar refractivity (Wildman–Crippen MR) is 103 cm³/mol. The fourth-order valence-corrected chi connectivity index (χ4v) is 3.18. The van der Waals surface area contributed by atoms with Crippen molar-refractivity contribution >= 4 is 34.8 Å². The van der Waals surface area contributed by atoms with Crippen LogP contribution in [0.1, 0.15) is 16.1 Å². The number of carbonyl (C=O) groups excluding carboxylic acids is 1. The normalized spacial score (nSPS) is 11.0. The molecule has 0 unspecified atom stereocenters. The Labute approximate surface area is 160 Å². The Hall–Kier alpha value is -2.94. The number of nitrogens with zero attached hydrogens (tertiary/aromatic N) is 2. The Kier molecular flexibility index (Phi) is 5.47. The molecule has 0 bridgehead atoms. The first-order valence-electron chi connectivity index (χ1n) is 7.62. The van der Waals surface area contributed by atoms with Gasteiger partial charge in [0, 0.05) is 21.5 Å². The highest BCUT2D eigenvalue weighted by atomic mass is 35.5. The number of rotatable bonds is 5. The average Bonchev–Trinajstić information content (AvgIpc) is 3.15. The molecule has 128 valence electrons. The number of Topliss-reactive ketones (excluding diaryl/α,β-unsaturated/α-hetero) is 1. The van der Waals surface area contributed by atoms with Crippen LogP contribution in [0.5, 0.6) is 5.75 Å². The van der Waals surface area contributed by atoms with Crippen LogP contribution in [0.15, 0.2) is 59.5 Å². The lowest BCUT2D eigenvalue weighted by Crippen LogP contribution is -2.02. The highest BCUT2D eigenvalue weighted by Crippen LogP contribution is 2.26. The molecule has 3 aromatic rings. The standard InChI is InChI=1S/C20H13ClN2O2S/c1-25-18-8-4-13(5-9-18)19(24)15(11-22)10-17-12-26-20(23-17)14-2-6-16(21)7-3-14/h2-10,12H,1H3/b15-10+. The summed E-state index contributed by atoms with van der Waals surface area (Å²) in [6.45, 7) is 0. The number of hydrogen-bond acceptors (Lipinski definition) is 5. The average molecular weight is 381 g/mol. The van der Waals surface area contributed by atoms with Crippen molar-refractivity contribution in [2.24, 2.45) is 0 Å². The number of halogens is 1. The molecule has 0 saturated heterocycles. The second-order valence-corrected chi connectivity index (χ2v) is 6.61. The molecule has 2 aromatic carbocycles. The van der Waals surface area contributed by atoms with E-state index in [0.29, 0.717) is 22.0 Å². The molecule has 0 radical (unpaired) electrons. The third kappa shape index (κ3) is 3.99. The molecule has 6 heteroatoms. The van der Waals surface area contributed by atoms with E-state index < -0.39 is 0 Å². The molecule has 0 fully saturated rings. The van der Waals surface area contributed by atoms with Gasteiger partial charge in [0.2, 0.25) is 5.78 Å². The maximum absolute atomic E-state index is 12.5. The second-order valence-electron chi connectivity index (χ2n) is 5.31. The van der Waals surface area contributed by atoms with Crippen molar-refractivity contribution in [1.82, 2.24) is 4.98 Å². The van der Waals surface area contributed by atoms with Gasteiger partial charge in [-0.25, -0.2) is 4.98 Å². The van der Waals surface area contributed by atoms with Gasteiger partial charge in [-0.15, -0.1) is 11.3 Å². The van der Waals surface area contributed by atoms with E-state index in [-0.39, 0.29) is 11.4 Å². The summed E-state index contributed by atoms with van der Waals surface area (Å²) in [5.74, 6) is 0.298. The second kappa shape index (κ2) is 7.96. The van der Waals surface area contributed by atoms with Crippen LogP contribution in [0.3, 0.4) is 0 Å². The first-order chi connectivity index (χ1) is 12.6. The van der Waals surface area contributed by atoms with Crippen molar-refractivity contribution in [1.29, 1.82) is 5.26 Å². The number of carbonyl (C=O) groups is 1. The first-order valence-corrected chi connectivity index (χ1v) is 8.88. The molecule has 1 heterocycles. The number of ether oxygens (including phenoxy) is 1. The Bertz CT molecular complexity index is 1000. The van der Waals surface area contributed by atoms with Crippen LogP contribution >= 0.6 is 22.9 Å². The number of hydrogen-bond donors (Lipinski definition) is 0. The minimum atomic E-state index is -0.351. The molecular formula is C20H13ClN2O2S. The molecule has 0 saturated carbocycles. The van der Waals surface area contributed by atoms with E-state index in [2.05, 4.69) is 4.98 Å². The van der Waals surface area contributed by atoms with Gasteiger partial charge >= 0.3 is 0 Å². The van der Waals surface area contributed by atoms with Crippen LogP contribution < -0.4 is 4.74 Å². The predicted octanol–water partition coefficient (Wildman–Crippen LogP) is 5.26. The van der Waals surface area contributed by atoms with Gasteiger partial charge in [0.25, 0.3) is 0 Å². The SMILES string of the molecule is COc1ccc(C(=O)/C(C#N)=C/c2csc(-c3ccc(Cl)cc3)n2)cc1. The number of ketones is 1. The fraction of sp³-hybridized carbons (Fsp3) is 0.0500. The Morgan fingerprint density at radius 2 is 1.88 bits per heavy atom. The van der Waals surface area contributed by atoms with E-state index in [0.717, 1.165) is 10.6 Å². The molecule has 0 N–H and O–H groups in total. The van der Waals surface area contributed by atoms with Gasteiger partial charge in [0.1, 0.15) is 22.4 Å². The molecule has 26 heavy (non-hydrogen) atoms. The van der Waals surface area contributed by atoms with E-state index in [1.807, 2.05) is 23.6 Å². The van der Waals surface area contributed by atoms with Crippen molar-refractivity contribution in [2.75, 3.05) is 7.11 Å². The lowest BCUT2D eigenvalue weighted by atomic mass is 10.0. The minimum Gasteiger partial charge on any atom is -0.497 e. The molecule has 0 amide bonds. The molecule has 0 aliphatic carbocycles. The van der Waals surface area contributed by atoms with Gasteiger partial charge in [0.05, 0.1) is 12.8 Å². The number of allylic oxidation sites excluding steroid dienone is 1. The van der Waals surface area contributed by atoms with Gasteiger partial charge in [-0.1, -0.05) is 23.7 Å². The summed E-state index contributed by atoms with van der Waals surface area (Å²) >= 11 is 7.33. The maximum Gasteiger partial charge on any atom is 0.203 e. The van der Waals surface area contributed by atoms with Crippen LogP contribution in [0.4, 0.5) is 0 Å². The number of aromatic nitrogens is 1. The molecular weight excluding hydrogens is 368 g/mol. The summed E-state index contributed by atoms with van der Waals surface area (Å²) in [4.78, 5) is 17.0. The quantitative estimate of drug-likeness (QED) is 0.344.